The van der Waals surface area contributed by atoms with E-state index in [9.17, 15) is 9.65 Å². The third-order valence-corrected chi connectivity index (χ3v) is 3.04. The number of ether oxygens (including phenoxy) is 1. The monoisotopic (exact) mass is 279 g/mol. The third kappa shape index (κ3) is 2.35. The van der Waals surface area contributed by atoms with E-state index in [0.717, 1.165) is 0 Å². The van der Waals surface area contributed by atoms with Gasteiger partial charge in [-0.2, -0.15) is 5.26 Å². The molecule has 0 spiro atoms. The van der Waals surface area contributed by atoms with E-state index in [-0.39, 0.29) is 17.0 Å². The lowest BCUT2D eigenvalue weighted by Gasteiger charge is -2.10. The minimum absolute atomic E-state index is 0.0439. The fourth-order valence-corrected chi connectivity index (χ4v) is 1.99. The van der Waals surface area contributed by atoms with Crippen molar-refractivity contribution in [3.63, 3.8) is 0 Å². The van der Waals surface area contributed by atoms with Crippen LogP contribution in [0.2, 0.25) is 0 Å². The molecule has 0 saturated carbocycles. The molecule has 1 heterocycles. The first-order chi connectivity index (χ1) is 10.2. The van der Waals surface area contributed by atoms with Crippen LogP contribution in [0.25, 0.3) is 10.9 Å². The molecule has 0 aliphatic carbocycles. The number of fused-ring (bicyclic) bond motifs is 1. The second-order valence-corrected chi connectivity index (χ2v) is 4.42. The molecule has 102 valence electrons. The van der Waals surface area contributed by atoms with Crippen LogP contribution >= 0.6 is 0 Å². The highest BCUT2D eigenvalue weighted by Crippen LogP contribution is 2.32. The number of anilines is 1. The van der Waals surface area contributed by atoms with Gasteiger partial charge in [-0.25, -0.2) is 4.39 Å². The summed E-state index contributed by atoms with van der Waals surface area (Å²) in [7, 11) is 0. The summed E-state index contributed by atoms with van der Waals surface area (Å²) in [5.74, 6) is 0.0613. The maximum Gasteiger partial charge on any atom is 0.156 e. The fourth-order valence-electron chi connectivity index (χ4n) is 1.99. The number of benzene rings is 2. The molecule has 0 bridgehead atoms. The highest BCUT2D eigenvalue weighted by molar-refractivity contribution is 5.87. The quantitative estimate of drug-likeness (QED) is 0.727. The van der Waals surface area contributed by atoms with Gasteiger partial charge >= 0.3 is 0 Å². The molecule has 4 nitrogen and oxygen atoms in total. The zero-order valence-electron chi connectivity index (χ0n) is 10.9. The van der Waals surface area contributed by atoms with Crippen LogP contribution in [-0.4, -0.2) is 4.98 Å². The van der Waals surface area contributed by atoms with Crippen LogP contribution in [0, 0.1) is 17.1 Å². The maximum atomic E-state index is 13.5. The maximum absolute atomic E-state index is 13.5. The van der Waals surface area contributed by atoms with Crippen LogP contribution in [0.15, 0.2) is 48.7 Å². The van der Waals surface area contributed by atoms with Crippen LogP contribution in [-0.2, 0) is 0 Å². The number of rotatable bonds is 2. The van der Waals surface area contributed by atoms with Crippen molar-refractivity contribution in [3.05, 3.63) is 60.0 Å². The zero-order valence-corrected chi connectivity index (χ0v) is 10.9. The number of nitriles is 1. The Morgan fingerprint density at radius 2 is 2.00 bits per heavy atom. The first kappa shape index (κ1) is 12.9. The lowest BCUT2D eigenvalue weighted by molar-refractivity contribution is 0.480. The van der Waals surface area contributed by atoms with Crippen molar-refractivity contribution in [1.29, 1.82) is 5.26 Å². The number of nitrogens with two attached hydrogens (primary N) is 1. The van der Waals surface area contributed by atoms with Crippen molar-refractivity contribution in [3.8, 4) is 17.6 Å². The van der Waals surface area contributed by atoms with Gasteiger partial charge in [-0.1, -0.05) is 12.1 Å². The van der Waals surface area contributed by atoms with E-state index in [1.807, 2.05) is 24.3 Å². The van der Waals surface area contributed by atoms with Crippen molar-refractivity contribution in [2.24, 2.45) is 0 Å². The second-order valence-electron chi connectivity index (χ2n) is 4.42. The Balaban J connectivity index is 2.14. The van der Waals surface area contributed by atoms with Crippen molar-refractivity contribution in [2.45, 2.75) is 0 Å². The van der Waals surface area contributed by atoms with Crippen molar-refractivity contribution in [2.75, 3.05) is 5.73 Å². The van der Waals surface area contributed by atoms with E-state index in [0.29, 0.717) is 16.7 Å². The number of para-hydroxylation sites is 1. The molecular weight excluding hydrogens is 269 g/mol. The molecule has 2 aromatic carbocycles. The molecule has 0 aliphatic rings. The molecule has 0 radical (unpaired) electrons. The smallest absolute Gasteiger partial charge is 0.156 e. The average Bonchev–Trinajstić information content (AvgIpc) is 2.51. The largest absolute Gasteiger partial charge is 0.455 e. The van der Waals surface area contributed by atoms with Gasteiger partial charge in [0.15, 0.2) is 5.75 Å². The molecule has 2 N–H and O–H groups in total. The molecule has 1 aromatic heterocycles. The van der Waals surface area contributed by atoms with Crippen LogP contribution < -0.4 is 10.5 Å². The number of nitrogen functional groups attached to an aromatic ring is 1. The Kier molecular flexibility index (Phi) is 3.13. The zero-order chi connectivity index (χ0) is 14.8. The number of hydrogen-bond acceptors (Lipinski definition) is 4. The molecule has 5 heteroatoms. The SMILES string of the molecule is N#Cc1cnc2ccccc2c1Oc1ccc(N)c(F)c1. The standard InChI is InChI=1S/C16H10FN3O/c17-13-7-11(5-6-14(13)19)21-16-10(8-18)9-20-15-4-2-1-3-12(15)16/h1-7,9H,19H2. The molecule has 3 rings (SSSR count). The van der Waals surface area contributed by atoms with Crippen LogP contribution in [0.4, 0.5) is 10.1 Å². The fraction of sp³-hybridized carbons (Fsp3) is 0. The van der Waals surface area contributed by atoms with Crippen molar-refractivity contribution < 1.29 is 9.13 Å². The molecule has 0 unspecified atom stereocenters. The van der Waals surface area contributed by atoms with E-state index in [4.69, 9.17) is 10.5 Å². The van der Waals surface area contributed by atoms with E-state index in [1.54, 1.807) is 12.1 Å². The predicted octanol–water partition coefficient (Wildman–Crippen LogP) is 3.62. The Hall–Kier alpha value is -3.13. The molecule has 0 saturated heterocycles. The topological polar surface area (TPSA) is 71.9 Å². The van der Waals surface area contributed by atoms with Gasteiger partial charge in [0.05, 0.1) is 11.2 Å². The van der Waals surface area contributed by atoms with Gasteiger partial charge < -0.3 is 10.5 Å². The summed E-state index contributed by atoms with van der Waals surface area (Å²) in [5, 5.41) is 9.88. The highest BCUT2D eigenvalue weighted by Gasteiger charge is 2.12. The van der Waals surface area contributed by atoms with E-state index >= 15 is 0 Å². The first-order valence-electron chi connectivity index (χ1n) is 6.20. The predicted molar refractivity (Wildman–Crippen MR) is 77.3 cm³/mol. The molecule has 3 aromatic rings. The summed E-state index contributed by atoms with van der Waals surface area (Å²) in [5.41, 5.74) is 6.46. The number of aromatic nitrogens is 1. The van der Waals surface area contributed by atoms with E-state index in [1.165, 1.54) is 18.3 Å². The summed E-state index contributed by atoms with van der Waals surface area (Å²) in [4.78, 5) is 4.19. The molecular formula is C16H10FN3O. The molecule has 0 fully saturated rings. The van der Waals surface area contributed by atoms with E-state index in [2.05, 4.69) is 4.98 Å². The average molecular weight is 279 g/mol. The summed E-state index contributed by atoms with van der Waals surface area (Å²) in [6.07, 6.45) is 1.44. The molecule has 0 aliphatic heterocycles. The minimum atomic E-state index is -0.565. The van der Waals surface area contributed by atoms with Gasteiger partial charge in [-0.15, -0.1) is 0 Å². The van der Waals surface area contributed by atoms with E-state index < -0.39 is 5.82 Å². The third-order valence-electron chi connectivity index (χ3n) is 3.04. The van der Waals surface area contributed by atoms with Crippen LogP contribution in [0.5, 0.6) is 11.5 Å². The Bertz CT molecular complexity index is 871. The molecule has 0 amide bonds. The van der Waals surface area contributed by atoms with Gasteiger partial charge in [0, 0.05) is 17.6 Å². The Morgan fingerprint density at radius 3 is 2.76 bits per heavy atom. The first-order valence-corrected chi connectivity index (χ1v) is 6.20. The van der Waals surface area contributed by atoms with Crippen LogP contribution in [0.3, 0.4) is 0 Å². The number of halogens is 1. The van der Waals surface area contributed by atoms with Gasteiger partial charge in [-0.3, -0.25) is 4.98 Å². The van der Waals surface area contributed by atoms with Gasteiger partial charge in [0.2, 0.25) is 0 Å². The summed E-state index contributed by atoms with van der Waals surface area (Å²) >= 11 is 0. The Morgan fingerprint density at radius 1 is 1.19 bits per heavy atom. The molecule has 21 heavy (non-hydrogen) atoms. The lowest BCUT2D eigenvalue weighted by atomic mass is 10.1. The number of hydrogen-bond donors (Lipinski definition) is 1. The highest BCUT2D eigenvalue weighted by atomic mass is 19.1. The second kappa shape index (κ2) is 5.10. The Labute approximate surface area is 120 Å². The van der Waals surface area contributed by atoms with Crippen molar-refractivity contribution in [1.82, 2.24) is 4.98 Å². The van der Waals surface area contributed by atoms with Crippen LogP contribution in [0.1, 0.15) is 5.56 Å². The molecule has 0 atom stereocenters. The lowest BCUT2D eigenvalue weighted by Crippen LogP contribution is -1.94. The summed E-state index contributed by atoms with van der Waals surface area (Å²) in [6, 6.07) is 13.5. The number of pyridine rings is 1. The summed E-state index contributed by atoms with van der Waals surface area (Å²) < 4.78 is 19.2. The minimum Gasteiger partial charge on any atom is -0.455 e. The normalized spacial score (nSPS) is 10.3. The summed E-state index contributed by atoms with van der Waals surface area (Å²) in [6.45, 7) is 0. The van der Waals surface area contributed by atoms with Gasteiger partial charge in [-0.05, 0) is 24.3 Å². The number of nitrogens with zero attached hydrogens (tertiary/aromatic N) is 2. The van der Waals surface area contributed by atoms with Gasteiger partial charge in [0.1, 0.15) is 23.2 Å². The van der Waals surface area contributed by atoms with Crippen molar-refractivity contribution >= 4 is 16.6 Å². The van der Waals surface area contributed by atoms with Gasteiger partial charge in [0.25, 0.3) is 0 Å².